The third kappa shape index (κ3) is 2.55. The lowest BCUT2D eigenvalue weighted by molar-refractivity contribution is 0.475. The second-order valence-electron chi connectivity index (χ2n) is 1.05. The van der Waals surface area contributed by atoms with Crippen molar-refractivity contribution in [3.63, 3.8) is 0 Å². The fraction of sp³-hybridized carbons (Fsp3) is 0.500. The van der Waals surface area contributed by atoms with Crippen LogP contribution in [-0.2, 0) is 10.1 Å². The first-order valence-corrected chi connectivity index (χ1v) is 3.00. The van der Waals surface area contributed by atoms with Crippen molar-refractivity contribution in [3.05, 3.63) is 6.92 Å². The molecule has 1 atom stereocenters. The van der Waals surface area contributed by atoms with Crippen molar-refractivity contribution >= 4 is 10.1 Å². The molecule has 0 aromatic rings. The molecular formula is C2H6NO3S. The minimum Gasteiger partial charge on any atom is -0.313 e. The van der Waals surface area contributed by atoms with Gasteiger partial charge in [0.2, 0.25) is 0 Å². The second kappa shape index (κ2) is 1.77. The van der Waals surface area contributed by atoms with Gasteiger partial charge in [-0.1, -0.05) is 0 Å². The first kappa shape index (κ1) is 6.87. The maximum absolute atomic E-state index is 9.70. The average Bonchev–Trinajstić information content (AvgIpc) is 1.31. The Morgan fingerprint density at radius 3 is 1.86 bits per heavy atom. The van der Waals surface area contributed by atoms with Gasteiger partial charge in [-0.3, -0.25) is 4.55 Å². The van der Waals surface area contributed by atoms with Gasteiger partial charge in [-0.25, -0.2) is 0 Å². The van der Waals surface area contributed by atoms with Gasteiger partial charge in [-0.05, 0) is 6.92 Å². The summed E-state index contributed by atoms with van der Waals surface area (Å²) < 4.78 is 27.3. The van der Waals surface area contributed by atoms with Crippen LogP contribution in [-0.4, -0.2) is 18.3 Å². The van der Waals surface area contributed by atoms with E-state index in [0.717, 1.165) is 0 Å². The van der Waals surface area contributed by atoms with Gasteiger partial charge in [0, 0.05) is 0 Å². The zero-order valence-electron chi connectivity index (χ0n) is 3.53. The number of hydrogen-bond acceptors (Lipinski definition) is 3. The first-order valence-electron chi connectivity index (χ1n) is 1.49. The van der Waals surface area contributed by atoms with Crippen LogP contribution in [0.15, 0.2) is 0 Å². The van der Waals surface area contributed by atoms with Crippen molar-refractivity contribution in [2.45, 2.75) is 5.37 Å². The van der Waals surface area contributed by atoms with Gasteiger partial charge in [-0.15, -0.1) is 0 Å². The molecule has 0 spiro atoms. The smallest absolute Gasteiger partial charge is 0.280 e. The van der Waals surface area contributed by atoms with E-state index < -0.39 is 15.5 Å². The molecule has 0 rings (SSSR count). The van der Waals surface area contributed by atoms with Crippen LogP contribution in [0, 0.1) is 6.92 Å². The summed E-state index contributed by atoms with van der Waals surface area (Å²) in [5.74, 6) is 0. The SMILES string of the molecule is [CH2]C(N)S(=O)(=O)O. The monoisotopic (exact) mass is 124 g/mol. The van der Waals surface area contributed by atoms with Crippen molar-refractivity contribution in [1.29, 1.82) is 0 Å². The third-order valence-corrected chi connectivity index (χ3v) is 1.15. The van der Waals surface area contributed by atoms with E-state index in [1.807, 2.05) is 0 Å². The Kier molecular flexibility index (Phi) is 1.74. The van der Waals surface area contributed by atoms with E-state index in [-0.39, 0.29) is 0 Å². The Labute approximate surface area is 42.1 Å². The van der Waals surface area contributed by atoms with Crippen molar-refractivity contribution in [2.24, 2.45) is 5.73 Å². The second-order valence-corrected chi connectivity index (χ2v) is 2.69. The molecule has 1 radical (unpaired) electrons. The molecule has 0 aliphatic rings. The summed E-state index contributed by atoms with van der Waals surface area (Å²) in [4.78, 5) is 0. The van der Waals surface area contributed by atoms with Crippen LogP contribution < -0.4 is 5.73 Å². The van der Waals surface area contributed by atoms with E-state index in [4.69, 9.17) is 4.55 Å². The molecule has 0 heterocycles. The number of rotatable bonds is 1. The van der Waals surface area contributed by atoms with Gasteiger partial charge in [0.15, 0.2) is 0 Å². The average molecular weight is 124 g/mol. The molecule has 0 bridgehead atoms. The first-order chi connectivity index (χ1) is 2.94. The Morgan fingerprint density at radius 1 is 1.71 bits per heavy atom. The fourth-order valence-corrected chi connectivity index (χ4v) is 0. The highest BCUT2D eigenvalue weighted by Gasteiger charge is 2.09. The molecule has 5 heteroatoms. The van der Waals surface area contributed by atoms with Gasteiger partial charge in [0.1, 0.15) is 5.37 Å². The van der Waals surface area contributed by atoms with E-state index in [2.05, 4.69) is 12.7 Å². The van der Waals surface area contributed by atoms with Crippen molar-refractivity contribution in [3.8, 4) is 0 Å². The summed E-state index contributed by atoms with van der Waals surface area (Å²) in [6.07, 6.45) is 0. The molecule has 0 aromatic carbocycles. The molecule has 4 nitrogen and oxygen atoms in total. The Balaban J connectivity index is 4.10. The lowest BCUT2D eigenvalue weighted by Crippen LogP contribution is -2.26. The number of nitrogens with two attached hydrogens (primary N) is 1. The van der Waals surface area contributed by atoms with Gasteiger partial charge in [0.25, 0.3) is 10.1 Å². The molecule has 43 valence electrons. The predicted molar refractivity (Wildman–Crippen MR) is 24.9 cm³/mol. The minimum atomic E-state index is -4.07. The molecule has 0 aliphatic heterocycles. The van der Waals surface area contributed by atoms with Gasteiger partial charge < -0.3 is 5.73 Å². The van der Waals surface area contributed by atoms with Gasteiger partial charge >= 0.3 is 0 Å². The quantitative estimate of drug-likeness (QED) is 0.439. The van der Waals surface area contributed by atoms with Crippen LogP contribution in [0.1, 0.15) is 0 Å². The predicted octanol–water partition coefficient (Wildman–Crippen LogP) is -1.01. The topological polar surface area (TPSA) is 80.4 Å². The van der Waals surface area contributed by atoms with Crippen LogP contribution in [0.5, 0.6) is 0 Å². The van der Waals surface area contributed by atoms with Crippen LogP contribution in [0.2, 0.25) is 0 Å². The molecule has 0 aliphatic carbocycles. The van der Waals surface area contributed by atoms with E-state index in [0.29, 0.717) is 0 Å². The molecule has 0 saturated carbocycles. The molecular weight excluding hydrogens is 118 g/mol. The normalized spacial score (nSPS) is 16.4. The largest absolute Gasteiger partial charge is 0.313 e. The lowest BCUT2D eigenvalue weighted by atomic mass is 10.8. The molecule has 1 unspecified atom stereocenters. The van der Waals surface area contributed by atoms with E-state index in [9.17, 15) is 8.42 Å². The van der Waals surface area contributed by atoms with E-state index >= 15 is 0 Å². The summed E-state index contributed by atoms with van der Waals surface area (Å²) >= 11 is 0. The van der Waals surface area contributed by atoms with Gasteiger partial charge in [0.05, 0.1) is 0 Å². The molecule has 7 heavy (non-hydrogen) atoms. The summed E-state index contributed by atoms with van der Waals surface area (Å²) in [6, 6.07) is 0. The highest BCUT2D eigenvalue weighted by Crippen LogP contribution is 1.83. The van der Waals surface area contributed by atoms with E-state index in [1.165, 1.54) is 0 Å². The molecule has 3 N–H and O–H groups in total. The molecule has 0 saturated heterocycles. The minimum absolute atomic E-state index is 1.42. The number of hydrogen-bond donors (Lipinski definition) is 2. The van der Waals surface area contributed by atoms with Crippen molar-refractivity contribution in [2.75, 3.05) is 0 Å². The molecule has 0 aromatic heterocycles. The van der Waals surface area contributed by atoms with Crippen LogP contribution in [0.3, 0.4) is 0 Å². The van der Waals surface area contributed by atoms with Crippen LogP contribution in [0.25, 0.3) is 0 Å². The fourth-order valence-electron chi connectivity index (χ4n) is 0. The van der Waals surface area contributed by atoms with Gasteiger partial charge in [-0.2, -0.15) is 8.42 Å². The maximum Gasteiger partial charge on any atom is 0.280 e. The zero-order valence-corrected chi connectivity index (χ0v) is 4.35. The molecule has 0 amide bonds. The van der Waals surface area contributed by atoms with Crippen LogP contribution >= 0.6 is 0 Å². The highest BCUT2D eigenvalue weighted by molar-refractivity contribution is 7.86. The highest BCUT2D eigenvalue weighted by atomic mass is 32.2. The van der Waals surface area contributed by atoms with Crippen molar-refractivity contribution < 1.29 is 13.0 Å². The summed E-state index contributed by atoms with van der Waals surface area (Å²) in [5.41, 5.74) is 4.62. The summed E-state index contributed by atoms with van der Waals surface area (Å²) in [7, 11) is -4.07. The Morgan fingerprint density at radius 2 is 1.86 bits per heavy atom. The standard InChI is InChI=1S/C2H6NO3S/c1-2(3)7(4,5)6/h2H,1,3H2,(H,4,5,6). The summed E-state index contributed by atoms with van der Waals surface area (Å²) in [5, 5.41) is -1.42. The summed E-state index contributed by atoms with van der Waals surface area (Å²) in [6.45, 7) is 2.85. The third-order valence-electron chi connectivity index (χ3n) is 0.383. The zero-order chi connectivity index (χ0) is 6.08. The Hall–Kier alpha value is -0.130. The van der Waals surface area contributed by atoms with Crippen LogP contribution in [0.4, 0.5) is 0 Å². The Bertz CT molecular complexity index is 135. The maximum atomic E-state index is 9.70. The van der Waals surface area contributed by atoms with E-state index in [1.54, 1.807) is 0 Å². The lowest BCUT2D eigenvalue weighted by Gasteiger charge is -1.95. The molecule has 0 fully saturated rings. The van der Waals surface area contributed by atoms with Crippen molar-refractivity contribution in [1.82, 2.24) is 0 Å².